The van der Waals surface area contributed by atoms with Crippen molar-refractivity contribution < 1.29 is 13.2 Å². The first kappa shape index (κ1) is 14.2. The quantitative estimate of drug-likeness (QED) is 0.912. The normalized spacial score (nSPS) is 16.1. The minimum absolute atomic E-state index is 0.348. The molecule has 106 valence electrons. The molecule has 1 aliphatic rings. The third-order valence-corrected chi connectivity index (χ3v) is 3.52. The van der Waals surface area contributed by atoms with Gasteiger partial charge in [0.05, 0.1) is 5.56 Å². The summed E-state index contributed by atoms with van der Waals surface area (Å²) in [6, 6.07) is 4.69. The summed E-state index contributed by atoms with van der Waals surface area (Å²) in [5, 5.41) is 0. The molecule has 2 N–H and O–H groups in total. The van der Waals surface area contributed by atoms with E-state index in [0.29, 0.717) is 30.6 Å². The van der Waals surface area contributed by atoms with E-state index in [9.17, 15) is 13.2 Å². The summed E-state index contributed by atoms with van der Waals surface area (Å²) in [7, 11) is 0. The van der Waals surface area contributed by atoms with Gasteiger partial charge in [0.25, 0.3) is 0 Å². The number of aryl methyl sites for hydroxylation is 1. The number of hydrogen-bond donors (Lipinski definition) is 1. The van der Waals surface area contributed by atoms with E-state index in [1.54, 1.807) is 12.1 Å². The molecule has 1 aromatic rings. The van der Waals surface area contributed by atoms with Crippen LogP contribution in [0.3, 0.4) is 0 Å². The van der Waals surface area contributed by atoms with Crippen LogP contribution in [0.4, 0.5) is 18.9 Å². The molecule has 0 amide bonds. The van der Waals surface area contributed by atoms with Crippen LogP contribution in [0.2, 0.25) is 0 Å². The van der Waals surface area contributed by atoms with E-state index >= 15 is 0 Å². The van der Waals surface area contributed by atoms with Crippen LogP contribution in [0.15, 0.2) is 18.2 Å². The van der Waals surface area contributed by atoms with Gasteiger partial charge in [0, 0.05) is 18.8 Å². The van der Waals surface area contributed by atoms with Crippen molar-refractivity contribution in [2.24, 2.45) is 5.73 Å². The Morgan fingerprint density at radius 1 is 1.16 bits per heavy atom. The van der Waals surface area contributed by atoms with Gasteiger partial charge in [-0.3, -0.25) is 0 Å². The molecule has 0 radical (unpaired) electrons. The molecule has 19 heavy (non-hydrogen) atoms. The van der Waals surface area contributed by atoms with Gasteiger partial charge in [-0.2, -0.15) is 13.2 Å². The van der Waals surface area contributed by atoms with Crippen LogP contribution in [0.1, 0.15) is 30.4 Å². The van der Waals surface area contributed by atoms with Crippen LogP contribution in [0, 0.1) is 0 Å². The number of benzene rings is 1. The highest BCUT2D eigenvalue weighted by molar-refractivity contribution is 5.52. The summed E-state index contributed by atoms with van der Waals surface area (Å²) in [6.45, 7) is 2.10. The summed E-state index contributed by atoms with van der Waals surface area (Å²) in [4.78, 5) is 2.02. The van der Waals surface area contributed by atoms with E-state index in [4.69, 9.17) is 5.73 Å². The average Bonchev–Trinajstić information content (AvgIpc) is 2.89. The van der Waals surface area contributed by atoms with Crippen molar-refractivity contribution in [2.45, 2.75) is 31.9 Å². The minimum atomic E-state index is -4.29. The van der Waals surface area contributed by atoms with Gasteiger partial charge in [0.1, 0.15) is 0 Å². The fourth-order valence-electron chi connectivity index (χ4n) is 2.51. The molecule has 1 aliphatic heterocycles. The zero-order valence-electron chi connectivity index (χ0n) is 10.8. The predicted molar refractivity (Wildman–Crippen MR) is 70.3 cm³/mol. The lowest BCUT2D eigenvalue weighted by atomic mass is 10.0. The number of nitrogens with two attached hydrogens (primary N) is 1. The summed E-state index contributed by atoms with van der Waals surface area (Å²) in [5.74, 6) is 0. The molecule has 0 bridgehead atoms. The smallest absolute Gasteiger partial charge is 0.372 e. The number of rotatable bonds is 4. The molecule has 0 saturated carbocycles. The van der Waals surface area contributed by atoms with Crippen LogP contribution < -0.4 is 10.6 Å². The van der Waals surface area contributed by atoms with E-state index in [2.05, 4.69) is 0 Å². The molecule has 0 unspecified atom stereocenters. The second-order valence-electron chi connectivity index (χ2n) is 4.93. The highest BCUT2D eigenvalue weighted by Crippen LogP contribution is 2.35. The largest absolute Gasteiger partial charge is 0.416 e. The first-order chi connectivity index (χ1) is 9.02. The summed E-state index contributed by atoms with van der Waals surface area (Å²) < 4.78 is 39.3. The molecule has 1 fully saturated rings. The zero-order chi connectivity index (χ0) is 13.9. The second-order valence-corrected chi connectivity index (χ2v) is 4.93. The third kappa shape index (κ3) is 3.41. The Morgan fingerprint density at radius 3 is 2.42 bits per heavy atom. The van der Waals surface area contributed by atoms with Gasteiger partial charge >= 0.3 is 6.18 Å². The molecule has 1 saturated heterocycles. The van der Waals surface area contributed by atoms with E-state index < -0.39 is 11.7 Å². The second kappa shape index (κ2) is 5.82. The van der Waals surface area contributed by atoms with Gasteiger partial charge < -0.3 is 10.6 Å². The molecule has 0 atom stereocenters. The highest BCUT2D eigenvalue weighted by atomic mass is 19.4. The first-order valence-electron chi connectivity index (χ1n) is 6.67. The van der Waals surface area contributed by atoms with Crippen molar-refractivity contribution in [1.29, 1.82) is 0 Å². The van der Waals surface area contributed by atoms with E-state index in [-0.39, 0.29) is 0 Å². The standard InChI is InChI=1S/C14H19F3N2/c15-14(16,17)13-10-12(19-8-1-2-9-19)6-5-11(13)4-3-7-18/h5-6,10H,1-4,7-9,18H2. The molecule has 2 nitrogen and oxygen atoms in total. The van der Waals surface area contributed by atoms with Crippen LogP contribution in [0.25, 0.3) is 0 Å². The lowest BCUT2D eigenvalue weighted by molar-refractivity contribution is -0.138. The predicted octanol–water partition coefficient (Wildman–Crippen LogP) is 3.20. The molecule has 0 spiro atoms. The lowest BCUT2D eigenvalue weighted by Crippen LogP contribution is -2.19. The van der Waals surface area contributed by atoms with Gasteiger partial charge in [0.2, 0.25) is 0 Å². The van der Waals surface area contributed by atoms with E-state index in [0.717, 1.165) is 25.9 Å². The van der Waals surface area contributed by atoms with Crippen molar-refractivity contribution in [3.63, 3.8) is 0 Å². The third-order valence-electron chi connectivity index (χ3n) is 3.52. The van der Waals surface area contributed by atoms with E-state index in [1.165, 1.54) is 6.07 Å². The van der Waals surface area contributed by atoms with Crippen LogP contribution in [-0.2, 0) is 12.6 Å². The number of hydrogen-bond acceptors (Lipinski definition) is 2. The monoisotopic (exact) mass is 272 g/mol. The molecule has 1 heterocycles. The van der Waals surface area contributed by atoms with Crippen molar-refractivity contribution >= 4 is 5.69 Å². The molecule has 2 rings (SSSR count). The van der Waals surface area contributed by atoms with Gasteiger partial charge in [-0.15, -0.1) is 0 Å². The molecule has 0 aromatic heterocycles. The molecule has 5 heteroatoms. The maximum atomic E-state index is 13.1. The summed E-state index contributed by atoms with van der Waals surface area (Å²) in [6.07, 6.45) is -1.23. The SMILES string of the molecule is NCCCc1ccc(N2CCCC2)cc1C(F)(F)F. The Labute approximate surface area is 111 Å². The van der Waals surface area contributed by atoms with Crippen LogP contribution >= 0.6 is 0 Å². The van der Waals surface area contributed by atoms with Gasteiger partial charge in [-0.25, -0.2) is 0 Å². The number of anilines is 1. The number of alkyl halides is 3. The maximum absolute atomic E-state index is 13.1. The Hall–Kier alpha value is -1.23. The van der Waals surface area contributed by atoms with Crippen LogP contribution in [0.5, 0.6) is 0 Å². The van der Waals surface area contributed by atoms with Crippen molar-refractivity contribution in [1.82, 2.24) is 0 Å². The Bertz CT molecular complexity index is 423. The average molecular weight is 272 g/mol. The zero-order valence-corrected chi connectivity index (χ0v) is 10.8. The summed E-state index contributed by atoms with van der Waals surface area (Å²) >= 11 is 0. The number of halogens is 3. The summed E-state index contributed by atoms with van der Waals surface area (Å²) in [5.41, 5.74) is 5.90. The van der Waals surface area contributed by atoms with Gasteiger partial charge in [-0.1, -0.05) is 6.07 Å². The molecular weight excluding hydrogens is 253 g/mol. The Balaban J connectivity index is 2.29. The van der Waals surface area contributed by atoms with Crippen molar-refractivity contribution in [3.05, 3.63) is 29.3 Å². The van der Waals surface area contributed by atoms with Crippen LogP contribution in [-0.4, -0.2) is 19.6 Å². The van der Waals surface area contributed by atoms with Gasteiger partial charge in [0.15, 0.2) is 0 Å². The Morgan fingerprint density at radius 2 is 1.84 bits per heavy atom. The molecular formula is C14H19F3N2. The van der Waals surface area contributed by atoms with E-state index in [1.807, 2.05) is 4.90 Å². The van der Waals surface area contributed by atoms with Gasteiger partial charge in [-0.05, 0) is 49.9 Å². The topological polar surface area (TPSA) is 29.3 Å². The molecule has 0 aliphatic carbocycles. The van der Waals surface area contributed by atoms with Crippen molar-refractivity contribution in [3.8, 4) is 0 Å². The van der Waals surface area contributed by atoms with Crippen molar-refractivity contribution in [2.75, 3.05) is 24.5 Å². The maximum Gasteiger partial charge on any atom is 0.416 e. The molecule has 1 aromatic carbocycles. The fourth-order valence-corrected chi connectivity index (χ4v) is 2.51. The number of nitrogens with zero attached hydrogens (tertiary/aromatic N) is 1. The minimum Gasteiger partial charge on any atom is -0.372 e. The lowest BCUT2D eigenvalue weighted by Gasteiger charge is -2.21. The fraction of sp³-hybridized carbons (Fsp3) is 0.571. The first-order valence-corrected chi connectivity index (χ1v) is 6.67. The highest BCUT2D eigenvalue weighted by Gasteiger charge is 2.33. The Kier molecular flexibility index (Phi) is 4.34.